The molecule has 2 aliphatic heterocycles. The van der Waals surface area contributed by atoms with E-state index in [9.17, 15) is 14.0 Å². The van der Waals surface area contributed by atoms with Gasteiger partial charge in [-0.25, -0.2) is 4.39 Å². The number of rotatable bonds is 8. The number of hydrogen-bond acceptors (Lipinski definition) is 4. The molecular weight excluding hydrogens is 421 g/mol. The number of nitrogens with zero attached hydrogens (tertiary/aromatic N) is 2. The van der Waals surface area contributed by atoms with Crippen LogP contribution in [0.25, 0.3) is 0 Å². The van der Waals surface area contributed by atoms with Crippen molar-refractivity contribution in [3.8, 4) is 0 Å². The molecular formula is C26H32FN3O3. The molecule has 0 saturated carbocycles. The molecule has 7 heteroatoms. The zero-order valence-electron chi connectivity index (χ0n) is 19.3. The lowest BCUT2D eigenvalue weighted by molar-refractivity contribution is -0.124. The highest BCUT2D eigenvalue weighted by molar-refractivity contribution is 6.01. The Labute approximate surface area is 194 Å². The molecule has 176 valence electrons. The minimum atomic E-state index is -0.599. The van der Waals surface area contributed by atoms with E-state index >= 15 is 0 Å². The summed E-state index contributed by atoms with van der Waals surface area (Å²) in [5.74, 6) is -1.21. The fraction of sp³-hybridized carbons (Fsp3) is 0.462. The van der Waals surface area contributed by atoms with Gasteiger partial charge in [-0.15, -0.1) is 0 Å². The number of benzene rings is 2. The van der Waals surface area contributed by atoms with E-state index in [-0.39, 0.29) is 17.6 Å². The maximum absolute atomic E-state index is 13.7. The van der Waals surface area contributed by atoms with Crippen molar-refractivity contribution in [2.75, 3.05) is 39.9 Å². The molecule has 2 heterocycles. The van der Waals surface area contributed by atoms with Gasteiger partial charge in [-0.05, 0) is 55.3 Å². The number of carbonyl (C=O) groups is 2. The molecule has 1 fully saturated rings. The molecule has 0 aliphatic carbocycles. The highest BCUT2D eigenvalue weighted by Gasteiger charge is 2.44. The van der Waals surface area contributed by atoms with Crippen molar-refractivity contribution in [2.45, 2.75) is 37.8 Å². The van der Waals surface area contributed by atoms with Crippen LogP contribution in [0.5, 0.6) is 0 Å². The summed E-state index contributed by atoms with van der Waals surface area (Å²) in [5, 5.41) is 3.18. The van der Waals surface area contributed by atoms with Crippen LogP contribution >= 0.6 is 0 Å². The fourth-order valence-electron chi connectivity index (χ4n) is 5.21. The second-order valence-corrected chi connectivity index (χ2v) is 8.72. The van der Waals surface area contributed by atoms with Crippen LogP contribution in [0.1, 0.15) is 53.2 Å². The van der Waals surface area contributed by atoms with Crippen molar-refractivity contribution in [3.05, 3.63) is 71.0 Å². The Bertz CT molecular complexity index is 981. The van der Waals surface area contributed by atoms with E-state index in [2.05, 4.69) is 17.1 Å². The first-order valence-electron chi connectivity index (χ1n) is 11.7. The standard InChI is InChI=1S/C26H32FN3O3/c1-3-29-14-6-7-20(29)17-28-25(31)23-21-8-4-5-9-22(21)26(32)30(15-16-33-2)24(23)18-10-12-19(27)13-11-18/h4-5,8-13,20,23-24H,3,6-7,14-17H2,1-2H3,(H,28,31)/t20-,23-,24-/m1/s1. The van der Waals surface area contributed by atoms with Gasteiger partial charge in [0, 0.05) is 31.8 Å². The number of amides is 2. The molecule has 6 nitrogen and oxygen atoms in total. The van der Waals surface area contributed by atoms with Crippen LogP contribution in [0.2, 0.25) is 0 Å². The van der Waals surface area contributed by atoms with E-state index in [1.54, 1.807) is 30.2 Å². The number of carbonyl (C=O) groups excluding carboxylic acids is 2. The summed E-state index contributed by atoms with van der Waals surface area (Å²) in [5.41, 5.74) is 1.97. The van der Waals surface area contributed by atoms with Crippen molar-refractivity contribution in [1.82, 2.24) is 15.1 Å². The van der Waals surface area contributed by atoms with Gasteiger partial charge in [0.2, 0.25) is 5.91 Å². The molecule has 1 saturated heterocycles. The number of ether oxygens (including phenoxy) is 1. The van der Waals surface area contributed by atoms with E-state index in [0.717, 1.165) is 31.5 Å². The van der Waals surface area contributed by atoms with Gasteiger partial charge < -0.3 is 15.0 Å². The Balaban J connectivity index is 1.70. The van der Waals surface area contributed by atoms with Gasteiger partial charge in [0.25, 0.3) is 5.91 Å². The predicted molar refractivity (Wildman–Crippen MR) is 125 cm³/mol. The molecule has 1 N–H and O–H groups in total. The highest BCUT2D eigenvalue weighted by Crippen LogP contribution is 2.42. The molecule has 0 radical (unpaired) electrons. The Morgan fingerprint density at radius 3 is 2.67 bits per heavy atom. The average molecular weight is 454 g/mol. The normalized spacial score (nSPS) is 22.9. The van der Waals surface area contributed by atoms with Crippen molar-refractivity contribution in [1.29, 1.82) is 0 Å². The lowest BCUT2D eigenvalue weighted by Crippen LogP contribution is -2.49. The largest absolute Gasteiger partial charge is 0.383 e. The Kier molecular flexibility index (Phi) is 7.40. The Morgan fingerprint density at radius 1 is 1.18 bits per heavy atom. The van der Waals surface area contributed by atoms with Gasteiger partial charge in [0.05, 0.1) is 18.6 Å². The fourth-order valence-corrected chi connectivity index (χ4v) is 5.21. The average Bonchev–Trinajstić information content (AvgIpc) is 3.30. The first-order chi connectivity index (χ1) is 16.0. The maximum Gasteiger partial charge on any atom is 0.254 e. The zero-order valence-corrected chi connectivity index (χ0v) is 19.3. The monoisotopic (exact) mass is 453 g/mol. The molecule has 2 aromatic rings. The van der Waals surface area contributed by atoms with E-state index < -0.39 is 12.0 Å². The molecule has 33 heavy (non-hydrogen) atoms. The SMILES string of the molecule is CCN1CCC[C@@H]1CNC(=O)[C@@H]1c2ccccc2C(=O)N(CCOC)[C@@H]1c1ccc(F)cc1. The molecule has 4 rings (SSSR count). The van der Waals surface area contributed by atoms with Crippen molar-refractivity contribution in [3.63, 3.8) is 0 Å². The maximum atomic E-state index is 13.7. The number of methoxy groups -OCH3 is 1. The van der Waals surface area contributed by atoms with Crippen LogP contribution in [0.3, 0.4) is 0 Å². The Hall–Kier alpha value is -2.77. The molecule has 2 aliphatic rings. The van der Waals surface area contributed by atoms with E-state index in [1.807, 2.05) is 18.2 Å². The number of fused-ring (bicyclic) bond motifs is 1. The third kappa shape index (κ3) is 4.80. The van der Waals surface area contributed by atoms with Gasteiger partial charge >= 0.3 is 0 Å². The van der Waals surface area contributed by atoms with Crippen molar-refractivity contribution < 1.29 is 18.7 Å². The summed E-state index contributed by atoms with van der Waals surface area (Å²) < 4.78 is 19.0. The summed E-state index contributed by atoms with van der Waals surface area (Å²) >= 11 is 0. The lowest BCUT2D eigenvalue weighted by atomic mass is 9.79. The van der Waals surface area contributed by atoms with E-state index in [0.29, 0.717) is 36.9 Å². The number of likely N-dealkylation sites (N-methyl/N-ethyl adjacent to an activating group) is 1. The lowest BCUT2D eigenvalue weighted by Gasteiger charge is -2.42. The van der Waals surface area contributed by atoms with Gasteiger partial charge in [-0.1, -0.05) is 37.3 Å². The second-order valence-electron chi connectivity index (χ2n) is 8.72. The first kappa shape index (κ1) is 23.4. The third-order valence-electron chi connectivity index (χ3n) is 6.89. The topological polar surface area (TPSA) is 61.9 Å². The highest BCUT2D eigenvalue weighted by atomic mass is 19.1. The van der Waals surface area contributed by atoms with Crippen molar-refractivity contribution in [2.24, 2.45) is 0 Å². The van der Waals surface area contributed by atoms with E-state index in [4.69, 9.17) is 4.74 Å². The van der Waals surface area contributed by atoms with Crippen molar-refractivity contribution >= 4 is 11.8 Å². The van der Waals surface area contributed by atoms with Crippen LogP contribution in [-0.2, 0) is 9.53 Å². The third-order valence-corrected chi connectivity index (χ3v) is 6.89. The van der Waals surface area contributed by atoms with Gasteiger partial charge in [0.15, 0.2) is 0 Å². The Morgan fingerprint density at radius 2 is 1.94 bits per heavy atom. The number of likely N-dealkylation sites (tertiary alicyclic amines) is 1. The zero-order chi connectivity index (χ0) is 23.4. The number of hydrogen-bond donors (Lipinski definition) is 1. The number of nitrogens with one attached hydrogen (secondary N) is 1. The summed E-state index contributed by atoms with van der Waals surface area (Å²) in [4.78, 5) is 31.2. The van der Waals surface area contributed by atoms with Crippen LogP contribution in [-0.4, -0.2) is 67.6 Å². The summed E-state index contributed by atoms with van der Waals surface area (Å²) in [6, 6.07) is 13.2. The molecule has 0 aromatic heterocycles. The molecule has 0 bridgehead atoms. The quantitative estimate of drug-likeness (QED) is 0.666. The molecule has 0 unspecified atom stereocenters. The van der Waals surface area contributed by atoms with Crippen LogP contribution in [0.15, 0.2) is 48.5 Å². The molecule has 3 atom stereocenters. The predicted octanol–water partition coefficient (Wildman–Crippen LogP) is 3.35. The van der Waals surface area contributed by atoms with Gasteiger partial charge in [-0.2, -0.15) is 0 Å². The van der Waals surface area contributed by atoms with E-state index in [1.165, 1.54) is 12.1 Å². The van der Waals surface area contributed by atoms with Gasteiger partial charge in [0.1, 0.15) is 5.82 Å². The first-order valence-corrected chi connectivity index (χ1v) is 11.7. The summed E-state index contributed by atoms with van der Waals surface area (Å²) in [6.07, 6.45) is 2.20. The molecule has 2 amide bonds. The van der Waals surface area contributed by atoms with Crippen LogP contribution < -0.4 is 5.32 Å². The van der Waals surface area contributed by atoms with Gasteiger partial charge in [-0.3, -0.25) is 14.5 Å². The molecule has 2 aromatic carbocycles. The second kappa shape index (κ2) is 10.4. The van der Waals surface area contributed by atoms with Crippen LogP contribution in [0, 0.1) is 5.82 Å². The number of halogens is 1. The summed E-state index contributed by atoms with van der Waals surface area (Å²) in [6.45, 7) is 5.41. The smallest absolute Gasteiger partial charge is 0.254 e. The minimum absolute atomic E-state index is 0.116. The van der Waals surface area contributed by atoms with Crippen LogP contribution in [0.4, 0.5) is 4.39 Å². The summed E-state index contributed by atoms with van der Waals surface area (Å²) in [7, 11) is 1.58. The molecule has 0 spiro atoms. The minimum Gasteiger partial charge on any atom is -0.383 e.